The minimum Gasteiger partial charge on any atom is -0.449 e. The van der Waals surface area contributed by atoms with Gasteiger partial charge in [-0.1, -0.05) is 12.1 Å². The predicted molar refractivity (Wildman–Crippen MR) is 88.4 cm³/mol. The number of ether oxygens (including phenoxy) is 2. The molecule has 0 aliphatic carbocycles. The van der Waals surface area contributed by atoms with E-state index in [0.29, 0.717) is 12.1 Å². The lowest BCUT2D eigenvalue weighted by Gasteiger charge is -2.07. The smallest absolute Gasteiger partial charge is 0.417 e. The Kier molecular flexibility index (Phi) is 5.88. The second kappa shape index (κ2) is 8.29. The van der Waals surface area contributed by atoms with E-state index in [4.69, 9.17) is 10.5 Å². The molecule has 2 aromatic carbocycles. The summed E-state index contributed by atoms with van der Waals surface area (Å²) < 4.78 is 9.67. The fourth-order valence-electron chi connectivity index (χ4n) is 1.91. The molecule has 0 atom stereocenters. The monoisotopic (exact) mass is 345 g/mol. The predicted octanol–water partition coefficient (Wildman–Crippen LogP) is 2.84. The summed E-state index contributed by atoms with van der Waals surface area (Å²) in [7, 11) is 0. The Morgan fingerprint density at radius 3 is 2.28 bits per heavy atom. The summed E-state index contributed by atoms with van der Waals surface area (Å²) in [6.45, 7) is 0.171. The van der Waals surface area contributed by atoms with Crippen molar-refractivity contribution in [1.82, 2.24) is 0 Å². The number of nitrogens with zero attached hydrogens (tertiary/aromatic N) is 1. The van der Waals surface area contributed by atoms with Crippen LogP contribution in [0, 0.1) is 10.1 Å². The van der Waals surface area contributed by atoms with Crippen molar-refractivity contribution in [1.29, 1.82) is 0 Å². The number of primary amides is 1. The molecule has 0 saturated heterocycles. The van der Waals surface area contributed by atoms with Gasteiger partial charge < -0.3 is 15.2 Å². The number of carbonyl (C=O) groups excluding carboxylic acids is 2. The van der Waals surface area contributed by atoms with Crippen LogP contribution in [0.5, 0.6) is 5.75 Å². The average molecular weight is 345 g/mol. The highest BCUT2D eigenvalue weighted by atomic mass is 16.6. The van der Waals surface area contributed by atoms with Gasteiger partial charge in [0, 0.05) is 24.2 Å². The third kappa shape index (κ3) is 5.82. The van der Waals surface area contributed by atoms with Gasteiger partial charge in [0.05, 0.1) is 11.5 Å². The average Bonchev–Trinajstić information content (AvgIpc) is 2.56. The molecule has 0 spiro atoms. The molecular formula is C16H15N3O6. The lowest BCUT2D eigenvalue weighted by Crippen LogP contribution is -2.16. The quantitative estimate of drug-likeness (QED) is 0.610. The molecule has 2 rings (SSSR count). The SMILES string of the molecule is NC(=O)OCCc1ccc(NC(=O)Oc2ccc([N+](=O)[O-])cc2)cc1. The number of nitrogens with two attached hydrogens (primary N) is 1. The highest BCUT2D eigenvalue weighted by Crippen LogP contribution is 2.18. The standard InChI is InChI=1S/C16H15N3O6/c17-15(20)24-10-9-11-1-3-12(4-2-11)18-16(21)25-14-7-5-13(6-8-14)19(22)23/h1-8H,9-10H2,(H2,17,20)(H,18,21). The van der Waals surface area contributed by atoms with Crippen LogP contribution in [0.3, 0.4) is 0 Å². The molecule has 0 saturated carbocycles. The van der Waals surface area contributed by atoms with Crippen LogP contribution in [0.15, 0.2) is 48.5 Å². The van der Waals surface area contributed by atoms with Crippen molar-refractivity contribution in [3.63, 3.8) is 0 Å². The maximum atomic E-state index is 11.8. The van der Waals surface area contributed by atoms with E-state index in [-0.39, 0.29) is 18.0 Å². The van der Waals surface area contributed by atoms with Crippen molar-refractivity contribution in [3.05, 3.63) is 64.2 Å². The maximum Gasteiger partial charge on any atom is 0.417 e. The van der Waals surface area contributed by atoms with E-state index in [1.54, 1.807) is 24.3 Å². The highest BCUT2D eigenvalue weighted by molar-refractivity contribution is 5.86. The summed E-state index contributed by atoms with van der Waals surface area (Å²) in [5.41, 5.74) is 6.18. The zero-order valence-electron chi connectivity index (χ0n) is 13.0. The number of non-ortho nitro benzene ring substituents is 1. The lowest BCUT2D eigenvalue weighted by molar-refractivity contribution is -0.384. The molecule has 0 aliphatic rings. The van der Waals surface area contributed by atoms with Gasteiger partial charge in [-0.3, -0.25) is 15.4 Å². The van der Waals surface area contributed by atoms with Crippen LogP contribution in [0.4, 0.5) is 21.0 Å². The first kappa shape index (κ1) is 17.7. The number of nitrogens with one attached hydrogen (secondary N) is 1. The van der Waals surface area contributed by atoms with E-state index in [1.165, 1.54) is 24.3 Å². The number of amides is 2. The Bertz CT molecular complexity index is 758. The molecule has 0 unspecified atom stereocenters. The van der Waals surface area contributed by atoms with Crippen LogP contribution in [0.2, 0.25) is 0 Å². The van der Waals surface area contributed by atoms with Gasteiger partial charge in [0.15, 0.2) is 0 Å². The molecule has 0 aliphatic heterocycles. The number of nitro groups is 1. The maximum absolute atomic E-state index is 11.8. The van der Waals surface area contributed by atoms with Gasteiger partial charge in [-0.05, 0) is 29.8 Å². The largest absolute Gasteiger partial charge is 0.449 e. The van der Waals surface area contributed by atoms with Crippen LogP contribution in [0.1, 0.15) is 5.56 Å². The molecule has 0 aromatic heterocycles. The summed E-state index contributed by atoms with van der Waals surface area (Å²) in [5, 5.41) is 13.1. The number of hydrogen-bond acceptors (Lipinski definition) is 6. The zero-order chi connectivity index (χ0) is 18.2. The second-order valence-electron chi connectivity index (χ2n) is 4.88. The van der Waals surface area contributed by atoms with Crippen molar-refractivity contribution in [2.24, 2.45) is 5.73 Å². The summed E-state index contributed by atoms with van der Waals surface area (Å²) in [6.07, 6.45) is -1.05. The van der Waals surface area contributed by atoms with E-state index in [2.05, 4.69) is 10.1 Å². The number of nitro benzene ring substituents is 1. The van der Waals surface area contributed by atoms with Crippen molar-refractivity contribution in [2.45, 2.75) is 6.42 Å². The number of anilines is 1. The van der Waals surface area contributed by atoms with Crippen LogP contribution in [0.25, 0.3) is 0 Å². The van der Waals surface area contributed by atoms with Crippen molar-refractivity contribution >= 4 is 23.6 Å². The summed E-state index contributed by atoms with van der Waals surface area (Å²) in [4.78, 5) is 32.3. The Morgan fingerprint density at radius 1 is 1.08 bits per heavy atom. The molecule has 25 heavy (non-hydrogen) atoms. The third-order valence-electron chi connectivity index (χ3n) is 3.09. The van der Waals surface area contributed by atoms with Gasteiger partial charge in [-0.15, -0.1) is 0 Å². The lowest BCUT2D eigenvalue weighted by atomic mass is 10.1. The molecule has 9 nitrogen and oxygen atoms in total. The summed E-state index contributed by atoms with van der Waals surface area (Å²) in [5.74, 6) is 0.184. The first-order valence-electron chi connectivity index (χ1n) is 7.18. The van der Waals surface area contributed by atoms with Crippen LogP contribution >= 0.6 is 0 Å². The Labute approximate surface area is 142 Å². The van der Waals surface area contributed by atoms with Gasteiger partial charge in [-0.25, -0.2) is 9.59 Å². The number of benzene rings is 2. The van der Waals surface area contributed by atoms with E-state index >= 15 is 0 Å². The van der Waals surface area contributed by atoms with Crippen LogP contribution < -0.4 is 15.8 Å². The Morgan fingerprint density at radius 2 is 1.72 bits per heavy atom. The second-order valence-corrected chi connectivity index (χ2v) is 4.88. The Hall–Kier alpha value is -3.62. The van der Waals surface area contributed by atoms with E-state index in [0.717, 1.165) is 5.56 Å². The topological polar surface area (TPSA) is 134 Å². The number of carbonyl (C=O) groups is 2. The molecule has 0 bridgehead atoms. The van der Waals surface area contributed by atoms with Crippen LogP contribution in [-0.4, -0.2) is 23.7 Å². The molecule has 0 heterocycles. The van der Waals surface area contributed by atoms with Gasteiger partial charge >= 0.3 is 12.2 Å². The minimum atomic E-state index is -0.827. The van der Waals surface area contributed by atoms with E-state index in [9.17, 15) is 19.7 Å². The van der Waals surface area contributed by atoms with Crippen molar-refractivity contribution in [2.75, 3.05) is 11.9 Å². The zero-order valence-corrected chi connectivity index (χ0v) is 13.0. The molecular weight excluding hydrogens is 330 g/mol. The highest BCUT2D eigenvalue weighted by Gasteiger charge is 2.08. The number of rotatable bonds is 6. The third-order valence-corrected chi connectivity index (χ3v) is 3.09. The number of hydrogen-bond donors (Lipinski definition) is 2. The molecule has 3 N–H and O–H groups in total. The first-order chi connectivity index (χ1) is 11.9. The fraction of sp³-hybridized carbons (Fsp3) is 0.125. The minimum absolute atomic E-state index is 0.0938. The van der Waals surface area contributed by atoms with Gasteiger partial charge in [0.2, 0.25) is 0 Å². The Balaban J connectivity index is 1.85. The summed E-state index contributed by atoms with van der Waals surface area (Å²) in [6, 6.07) is 12.0. The molecule has 0 radical (unpaired) electrons. The van der Waals surface area contributed by atoms with E-state index < -0.39 is 17.1 Å². The van der Waals surface area contributed by atoms with E-state index in [1.807, 2.05) is 0 Å². The molecule has 9 heteroatoms. The molecule has 2 amide bonds. The van der Waals surface area contributed by atoms with Crippen LogP contribution in [-0.2, 0) is 11.2 Å². The van der Waals surface area contributed by atoms with Gasteiger partial charge in [-0.2, -0.15) is 0 Å². The van der Waals surface area contributed by atoms with Crippen molar-refractivity contribution < 1.29 is 24.0 Å². The molecule has 130 valence electrons. The normalized spacial score (nSPS) is 9.92. The van der Waals surface area contributed by atoms with Crippen molar-refractivity contribution in [3.8, 4) is 5.75 Å². The fourth-order valence-corrected chi connectivity index (χ4v) is 1.91. The van der Waals surface area contributed by atoms with Gasteiger partial charge in [0.25, 0.3) is 5.69 Å². The first-order valence-corrected chi connectivity index (χ1v) is 7.18. The molecule has 0 fully saturated rings. The summed E-state index contributed by atoms with van der Waals surface area (Å²) >= 11 is 0. The van der Waals surface area contributed by atoms with Gasteiger partial charge in [0.1, 0.15) is 5.75 Å². The molecule has 2 aromatic rings.